The monoisotopic (exact) mass is 301 g/mol. The Hall–Kier alpha value is -1.61. The zero-order valence-electron chi connectivity index (χ0n) is 12.9. The molecule has 0 spiro atoms. The van der Waals surface area contributed by atoms with Gasteiger partial charge in [0.25, 0.3) is 0 Å². The fraction of sp³-hybridized carbons (Fsp3) is 0.389. The number of rotatable bonds is 6. The number of nitrogens with one attached hydrogen (secondary N) is 1. The summed E-state index contributed by atoms with van der Waals surface area (Å²) in [6.45, 7) is 6.48. The molecule has 2 nitrogen and oxygen atoms in total. The molecular formula is C18H23NOS. The summed E-state index contributed by atoms with van der Waals surface area (Å²) in [4.78, 5) is 13.1. The fourth-order valence-corrected chi connectivity index (χ4v) is 3.06. The second kappa shape index (κ2) is 7.41. The minimum atomic E-state index is 0.0468. The van der Waals surface area contributed by atoms with Crippen LogP contribution in [0.1, 0.15) is 42.8 Å². The molecule has 0 fully saturated rings. The van der Waals surface area contributed by atoms with Crippen LogP contribution < -0.4 is 5.32 Å². The van der Waals surface area contributed by atoms with Crippen molar-refractivity contribution in [1.82, 2.24) is 5.32 Å². The molecule has 1 atom stereocenters. The van der Waals surface area contributed by atoms with Gasteiger partial charge in [-0.3, -0.25) is 4.79 Å². The number of thiophene rings is 1. The Morgan fingerprint density at radius 2 is 1.86 bits per heavy atom. The first-order valence-corrected chi connectivity index (χ1v) is 8.33. The summed E-state index contributed by atoms with van der Waals surface area (Å²) in [5, 5.41) is 5.06. The predicted molar refractivity (Wildman–Crippen MR) is 89.6 cm³/mol. The number of benzene rings is 1. The van der Waals surface area contributed by atoms with Crippen molar-refractivity contribution in [1.29, 1.82) is 0 Å². The number of hydrogen-bond acceptors (Lipinski definition) is 2. The third-order valence-electron chi connectivity index (χ3n) is 3.42. The predicted octanol–water partition coefficient (Wildman–Crippen LogP) is 4.37. The highest BCUT2D eigenvalue weighted by Crippen LogP contribution is 2.16. The third-order valence-corrected chi connectivity index (χ3v) is 4.29. The molecule has 1 aromatic heterocycles. The molecule has 2 rings (SSSR count). The lowest BCUT2D eigenvalue weighted by molar-refractivity contribution is -0.121. The van der Waals surface area contributed by atoms with E-state index >= 15 is 0 Å². The maximum Gasteiger partial charge on any atom is 0.225 e. The third kappa shape index (κ3) is 5.01. The summed E-state index contributed by atoms with van der Waals surface area (Å²) in [5.41, 5.74) is 2.51. The molecule has 0 aliphatic heterocycles. The van der Waals surface area contributed by atoms with Crippen LogP contribution in [0.3, 0.4) is 0 Å². The highest BCUT2D eigenvalue weighted by molar-refractivity contribution is 7.10. The molecule has 0 radical (unpaired) electrons. The normalized spacial score (nSPS) is 12.4. The van der Waals surface area contributed by atoms with Gasteiger partial charge in [0.1, 0.15) is 0 Å². The number of hydrogen-bond donors (Lipinski definition) is 1. The molecule has 0 saturated carbocycles. The molecule has 2 aromatic rings. The summed E-state index contributed by atoms with van der Waals surface area (Å²) in [7, 11) is 0. The van der Waals surface area contributed by atoms with Crippen molar-refractivity contribution in [2.45, 2.75) is 39.7 Å². The molecule has 3 heteroatoms. The molecule has 0 unspecified atom stereocenters. The Bertz CT molecular complexity index is 557. The van der Waals surface area contributed by atoms with Crippen LogP contribution in [0.2, 0.25) is 0 Å². The van der Waals surface area contributed by atoms with Crippen molar-refractivity contribution in [3.05, 3.63) is 57.8 Å². The van der Waals surface area contributed by atoms with Crippen molar-refractivity contribution < 1.29 is 4.79 Å². The molecule has 0 bridgehead atoms. The Balaban J connectivity index is 1.90. The van der Waals surface area contributed by atoms with Crippen LogP contribution in [0.5, 0.6) is 0 Å². The summed E-state index contributed by atoms with van der Waals surface area (Å²) < 4.78 is 0. The molecule has 1 amide bonds. The van der Waals surface area contributed by atoms with Crippen molar-refractivity contribution in [3.8, 4) is 0 Å². The molecule has 112 valence electrons. The maximum absolute atomic E-state index is 12.0. The van der Waals surface area contributed by atoms with Crippen molar-refractivity contribution in [2.75, 3.05) is 0 Å². The highest BCUT2D eigenvalue weighted by Gasteiger charge is 2.10. The second-order valence-electron chi connectivity index (χ2n) is 5.88. The molecule has 0 aliphatic carbocycles. The van der Waals surface area contributed by atoms with Gasteiger partial charge in [-0.05, 0) is 41.8 Å². The van der Waals surface area contributed by atoms with Crippen molar-refractivity contribution in [2.24, 2.45) is 5.92 Å². The van der Waals surface area contributed by atoms with Gasteiger partial charge in [0.2, 0.25) is 5.91 Å². The highest BCUT2D eigenvalue weighted by atomic mass is 32.1. The zero-order valence-corrected chi connectivity index (χ0v) is 13.7. The molecule has 0 saturated heterocycles. The van der Waals surface area contributed by atoms with Crippen molar-refractivity contribution >= 4 is 17.2 Å². The van der Waals surface area contributed by atoms with Gasteiger partial charge in [0, 0.05) is 4.88 Å². The summed E-state index contributed by atoms with van der Waals surface area (Å²) in [6, 6.07) is 12.6. The van der Waals surface area contributed by atoms with Gasteiger partial charge in [-0.2, -0.15) is 0 Å². The molecule has 1 heterocycles. The minimum Gasteiger partial charge on any atom is -0.349 e. The van der Waals surface area contributed by atoms with Crippen LogP contribution in [0.4, 0.5) is 0 Å². The fourth-order valence-electron chi connectivity index (χ4n) is 2.36. The summed E-state index contributed by atoms with van der Waals surface area (Å²) in [5.74, 6) is 0.745. The SMILES string of the molecule is CC(C)Cc1ccc([C@@H](C)NC(=O)Cc2cccs2)cc1. The van der Waals surface area contributed by atoms with E-state index in [2.05, 4.69) is 43.4 Å². The van der Waals surface area contributed by atoms with Crippen LogP contribution in [-0.4, -0.2) is 5.91 Å². The lowest BCUT2D eigenvalue weighted by Crippen LogP contribution is -2.27. The maximum atomic E-state index is 12.0. The second-order valence-corrected chi connectivity index (χ2v) is 6.92. The lowest BCUT2D eigenvalue weighted by atomic mass is 10.00. The van der Waals surface area contributed by atoms with Crippen LogP contribution in [-0.2, 0) is 17.6 Å². The number of amides is 1. The van der Waals surface area contributed by atoms with E-state index in [-0.39, 0.29) is 11.9 Å². The first-order chi connectivity index (χ1) is 10.0. The van der Waals surface area contributed by atoms with E-state index < -0.39 is 0 Å². The van der Waals surface area contributed by atoms with Gasteiger partial charge in [-0.15, -0.1) is 11.3 Å². The molecule has 1 aromatic carbocycles. The molecule has 0 aliphatic rings. The van der Waals surface area contributed by atoms with Gasteiger partial charge in [0.15, 0.2) is 0 Å². The van der Waals surface area contributed by atoms with Crippen LogP contribution in [0.15, 0.2) is 41.8 Å². The first kappa shape index (κ1) is 15.8. The van der Waals surface area contributed by atoms with Crippen LogP contribution in [0, 0.1) is 5.92 Å². The van der Waals surface area contributed by atoms with E-state index in [0.717, 1.165) is 16.9 Å². The number of carbonyl (C=O) groups is 1. The van der Waals surface area contributed by atoms with Crippen LogP contribution in [0.25, 0.3) is 0 Å². The Morgan fingerprint density at radius 3 is 2.43 bits per heavy atom. The summed E-state index contributed by atoms with van der Waals surface area (Å²) >= 11 is 1.62. The smallest absolute Gasteiger partial charge is 0.225 e. The average molecular weight is 301 g/mol. The van der Waals surface area contributed by atoms with E-state index in [0.29, 0.717) is 12.3 Å². The Morgan fingerprint density at radius 1 is 1.14 bits per heavy atom. The standard InChI is InChI=1S/C18H23NOS/c1-13(2)11-15-6-8-16(9-7-15)14(3)19-18(20)12-17-5-4-10-21-17/h4-10,13-14H,11-12H2,1-3H3,(H,19,20)/t14-/m1/s1. The van der Waals surface area contributed by atoms with Gasteiger partial charge in [0.05, 0.1) is 12.5 Å². The van der Waals surface area contributed by atoms with Gasteiger partial charge < -0.3 is 5.32 Å². The zero-order chi connectivity index (χ0) is 15.2. The van der Waals surface area contributed by atoms with Gasteiger partial charge in [-0.1, -0.05) is 44.2 Å². The Labute approximate surface area is 131 Å². The van der Waals surface area contributed by atoms with Gasteiger partial charge in [-0.25, -0.2) is 0 Å². The quantitative estimate of drug-likeness (QED) is 0.843. The van der Waals surface area contributed by atoms with Crippen molar-refractivity contribution in [3.63, 3.8) is 0 Å². The summed E-state index contributed by atoms with van der Waals surface area (Å²) in [6.07, 6.45) is 1.56. The lowest BCUT2D eigenvalue weighted by Gasteiger charge is -2.15. The van der Waals surface area contributed by atoms with Crippen LogP contribution >= 0.6 is 11.3 Å². The van der Waals surface area contributed by atoms with E-state index in [9.17, 15) is 4.79 Å². The van der Waals surface area contributed by atoms with E-state index in [4.69, 9.17) is 0 Å². The van der Waals surface area contributed by atoms with E-state index in [1.807, 2.05) is 24.4 Å². The largest absolute Gasteiger partial charge is 0.349 e. The molecule has 21 heavy (non-hydrogen) atoms. The average Bonchev–Trinajstić information content (AvgIpc) is 2.91. The number of carbonyl (C=O) groups excluding carboxylic acids is 1. The first-order valence-electron chi connectivity index (χ1n) is 7.45. The molecule has 1 N–H and O–H groups in total. The minimum absolute atomic E-state index is 0.0468. The molecular weight excluding hydrogens is 278 g/mol. The Kier molecular flexibility index (Phi) is 5.57. The topological polar surface area (TPSA) is 29.1 Å². The van der Waals surface area contributed by atoms with E-state index in [1.165, 1.54) is 5.56 Å². The van der Waals surface area contributed by atoms with Gasteiger partial charge >= 0.3 is 0 Å². The van der Waals surface area contributed by atoms with E-state index in [1.54, 1.807) is 11.3 Å².